The Balaban J connectivity index is 1.75. The number of benzene rings is 2. The molecule has 0 radical (unpaired) electrons. The first kappa shape index (κ1) is 17.0. The first-order valence-corrected chi connectivity index (χ1v) is 10.0. The number of aryl methyl sites for hydroxylation is 2. The minimum absolute atomic E-state index is 0.0406. The van der Waals surface area contributed by atoms with E-state index in [1.807, 2.05) is 6.92 Å². The number of nitrogens with zero attached hydrogens (tertiary/aromatic N) is 1. The second kappa shape index (κ2) is 5.81. The molecule has 1 amide bonds. The predicted octanol–water partition coefficient (Wildman–Crippen LogP) is 3.33. The minimum Gasteiger partial charge on any atom is -0.311 e. The quantitative estimate of drug-likeness (QED) is 0.896. The predicted molar refractivity (Wildman–Crippen MR) is 97.5 cm³/mol. The minimum atomic E-state index is -3.84. The van der Waals surface area contributed by atoms with Crippen molar-refractivity contribution in [1.82, 2.24) is 0 Å². The second-order valence-electron chi connectivity index (χ2n) is 6.90. The van der Waals surface area contributed by atoms with E-state index >= 15 is 0 Å². The highest BCUT2D eigenvalue weighted by molar-refractivity contribution is 7.92. The van der Waals surface area contributed by atoms with Crippen LogP contribution in [0, 0.1) is 12.7 Å². The van der Waals surface area contributed by atoms with Gasteiger partial charge in [0, 0.05) is 12.2 Å². The van der Waals surface area contributed by atoms with Crippen molar-refractivity contribution in [1.29, 1.82) is 0 Å². The van der Waals surface area contributed by atoms with Crippen molar-refractivity contribution in [2.75, 3.05) is 16.2 Å². The molecule has 0 unspecified atom stereocenters. The fourth-order valence-corrected chi connectivity index (χ4v) is 5.15. The molecule has 0 saturated carbocycles. The molecule has 0 fully saturated rings. The molecule has 2 aliphatic heterocycles. The lowest BCUT2D eigenvalue weighted by Gasteiger charge is -2.26. The summed E-state index contributed by atoms with van der Waals surface area (Å²) in [5, 5.41) is 0. The lowest BCUT2D eigenvalue weighted by atomic mass is 9.96. The van der Waals surface area contributed by atoms with E-state index in [9.17, 15) is 17.6 Å². The van der Waals surface area contributed by atoms with Gasteiger partial charge in [-0.15, -0.1) is 0 Å². The summed E-state index contributed by atoms with van der Waals surface area (Å²) in [6.07, 6.45) is 1.67. The summed E-state index contributed by atoms with van der Waals surface area (Å²) in [4.78, 5) is 14.3. The Morgan fingerprint density at radius 3 is 2.73 bits per heavy atom. The van der Waals surface area contributed by atoms with Crippen molar-refractivity contribution in [3.8, 4) is 0 Å². The molecule has 2 aliphatic rings. The van der Waals surface area contributed by atoms with E-state index < -0.39 is 15.8 Å². The van der Waals surface area contributed by atoms with Crippen LogP contribution in [0.3, 0.4) is 0 Å². The third-order valence-corrected chi connectivity index (χ3v) is 6.64. The van der Waals surface area contributed by atoms with E-state index in [1.165, 1.54) is 12.1 Å². The van der Waals surface area contributed by atoms with Gasteiger partial charge in [0.05, 0.1) is 16.5 Å². The van der Waals surface area contributed by atoms with Gasteiger partial charge in [0.15, 0.2) is 0 Å². The molecule has 1 N–H and O–H groups in total. The zero-order valence-electron chi connectivity index (χ0n) is 14.5. The highest BCUT2D eigenvalue weighted by Gasteiger charge is 2.38. The molecule has 0 aliphatic carbocycles. The molecule has 26 heavy (non-hydrogen) atoms. The lowest BCUT2D eigenvalue weighted by Crippen LogP contribution is -2.32. The Morgan fingerprint density at radius 1 is 1.23 bits per heavy atom. The van der Waals surface area contributed by atoms with E-state index in [0.29, 0.717) is 17.8 Å². The molecule has 4 rings (SSSR count). The molecule has 136 valence electrons. The lowest BCUT2D eigenvalue weighted by molar-refractivity contribution is -0.119. The number of hydrogen-bond acceptors (Lipinski definition) is 3. The van der Waals surface area contributed by atoms with Gasteiger partial charge in [-0.3, -0.25) is 9.52 Å². The van der Waals surface area contributed by atoms with Crippen LogP contribution in [0.2, 0.25) is 0 Å². The van der Waals surface area contributed by atoms with Gasteiger partial charge in [-0.1, -0.05) is 0 Å². The number of anilines is 2. The smallest absolute Gasteiger partial charge is 0.262 e. The van der Waals surface area contributed by atoms with Crippen LogP contribution in [0.1, 0.15) is 36.0 Å². The van der Waals surface area contributed by atoms with Crippen LogP contribution in [0.25, 0.3) is 0 Å². The molecular formula is C19H19FN2O3S. The maximum absolute atomic E-state index is 13.3. The maximum Gasteiger partial charge on any atom is 0.262 e. The van der Waals surface area contributed by atoms with Gasteiger partial charge < -0.3 is 4.90 Å². The summed E-state index contributed by atoms with van der Waals surface area (Å²) in [6, 6.07) is 7.13. The van der Waals surface area contributed by atoms with E-state index in [-0.39, 0.29) is 16.7 Å². The number of carbonyl (C=O) groups is 1. The zero-order chi connectivity index (χ0) is 18.6. The van der Waals surface area contributed by atoms with Crippen LogP contribution in [-0.2, 0) is 21.2 Å². The fraction of sp³-hybridized carbons (Fsp3) is 0.316. The molecule has 1 atom stereocenters. The Hall–Kier alpha value is -2.41. The molecule has 2 aromatic rings. The van der Waals surface area contributed by atoms with Gasteiger partial charge >= 0.3 is 0 Å². The zero-order valence-corrected chi connectivity index (χ0v) is 15.4. The van der Waals surface area contributed by atoms with Crippen molar-refractivity contribution in [2.24, 2.45) is 0 Å². The van der Waals surface area contributed by atoms with Crippen LogP contribution < -0.4 is 9.62 Å². The van der Waals surface area contributed by atoms with E-state index in [2.05, 4.69) is 4.72 Å². The van der Waals surface area contributed by atoms with Crippen LogP contribution in [0.5, 0.6) is 0 Å². The first-order valence-electron chi connectivity index (χ1n) is 8.55. The molecule has 2 heterocycles. The summed E-state index contributed by atoms with van der Waals surface area (Å²) in [5.74, 6) is -0.690. The summed E-state index contributed by atoms with van der Waals surface area (Å²) in [5.41, 5.74) is 3.57. The monoisotopic (exact) mass is 374 g/mol. The SMILES string of the molecule is Cc1cc(F)ccc1S(=O)(=O)Nc1cc2c3c(c1)[C@H](C)C(=O)N3CCC2. The van der Waals surface area contributed by atoms with Gasteiger partial charge in [0.25, 0.3) is 10.0 Å². The van der Waals surface area contributed by atoms with E-state index in [1.54, 1.807) is 24.0 Å². The fourth-order valence-electron chi connectivity index (χ4n) is 3.88. The Morgan fingerprint density at radius 2 is 2.00 bits per heavy atom. The van der Waals surface area contributed by atoms with Crippen molar-refractivity contribution in [3.63, 3.8) is 0 Å². The largest absolute Gasteiger partial charge is 0.311 e. The third-order valence-electron chi connectivity index (χ3n) is 5.10. The molecule has 7 heteroatoms. The molecule has 0 aromatic heterocycles. The van der Waals surface area contributed by atoms with Gasteiger partial charge in [-0.25, -0.2) is 12.8 Å². The van der Waals surface area contributed by atoms with Crippen LogP contribution in [0.15, 0.2) is 35.2 Å². The van der Waals surface area contributed by atoms with Gasteiger partial charge in [-0.2, -0.15) is 0 Å². The summed E-state index contributed by atoms with van der Waals surface area (Å²) in [6.45, 7) is 4.12. The Bertz CT molecular complexity index is 1030. The van der Waals surface area contributed by atoms with E-state index in [4.69, 9.17) is 0 Å². The number of sulfonamides is 1. The number of hydrogen-bond donors (Lipinski definition) is 1. The van der Waals surface area contributed by atoms with Crippen LogP contribution in [0.4, 0.5) is 15.8 Å². The van der Waals surface area contributed by atoms with Gasteiger partial charge in [-0.05, 0) is 73.7 Å². The molecule has 0 saturated heterocycles. The Labute approximate surface area is 151 Å². The van der Waals surface area contributed by atoms with Crippen molar-refractivity contribution in [2.45, 2.75) is 37.5 Å². The highest BCUT2D eigenvalue weighted by Crippen LogP contribution is 2.44. The highest BCUT2D eigenvalue weighted by atomic mass is 32.2. The van der Waals surface area contributed by atoms with Crippen molar-refractivity contribution >= 4 is 27.3 Å². The van der Waals surface area contributed by atoms with Crippen molar-refractivity contribution in [3.05, 3.63) is 52.8 Å². The summed E-state index contributed by atoms with van der Waals surface area (Å²) in [7, 11) is -3.84. The van der Waals surface area contributed by atoms with Gasteiger partial charge in [0.2, 0.25) is 5.91 Å². The molecular weight excluding hydrogens is 355 g/mol. The number of rotatable bonds is 3. The number of halogens is 1. The molecule has 5 nitrogen and oxygen atoms in total. The van der Waals surface area contributed by atoms with Crippen LogP contribution >= 0.6 is 0 Å². The first-order chi connectivity index (χ1) is 12.3. The molecule has 0 spiro atoms. The van der Waals surface area contributed by atoms with Crippen LogP contribution in [-0.4, -0.2) is 20.9 Å². The summed E-state index contributed by atoms with van der Waals surface area (Å²) < 4.78 is 41.4. The van der Waals surface area contributed by atoms with Gasteiger partial charge in [0.1, 0.15) is 5.82 Å². The second-order valence-corrected chi connectivity index (χ2v) is 8.55. The van der Waals surface area contributed by atoms with Crippen molar-refractivity contribution < 1.29 is 17.6 Å². The van der Waals surface area contributed by atoms with E-state index in [0.717, 1.165) is 35.7 Å². The topological polar surface area (TPSA) is 66.5 Å². The molecule has 2 aromatic carbocycles. The maximum atomic E-state index is 13.3. The number of amides is 1. The average Bonchev–Trinajstić information content (AvgIpc) is 2.81. The molecule has 0 bridgehead atoms. The standard InChI is InChI=1S/C19H19FN2O3S/c1-11-8-14(20)5-6-17(11)26(24,25)21-15-9-13-4-3-7-22-18(13)16(10-15)12(2)19(22)23/h5-6,8-10,12,21H,3-4,7H2,1-2H3/t12-/m0/s1. The number of carbonyl (C=O) groups excluding carboxylic acids is 1. The summed E-state index contributed by atoms with van der Waals surface area (Å²) >= 11 is 0. The third kappa shape index (κ3) is 2.58. The normalized spacial score (nSPS) is 18.8. The average molecular weight is 374 g/mol. The number of nitrogens with one attached hydrogen (secondary N) is 1. The Kier molecular flexibility index (Phi) is 3.80.